The maximum atomic E-state index is 11.7. The molecule has 6 heteroatoms. The Morgan fingerprint density at radius 3 is 2.52 bits per heavy atom. The summed E-state index contributed by atoms with van der Waals surface area (Å²) in [7, 11) is 0. The van der Waals surface area contributed by atoms with Crippen LogP contribution in [0.25, 0.3) is 0 Å². The monoisotopic (exact) mass is 293 g/mol. The molecule has 1 atom stereocenters. The number of hydrogen-bond acceptors (Lipinski definition) is 4. The summed E-state index contributed by atoms with van der Waals surface area (Å²) in [5.41, 5.74) is 0.668. The highest BCUT2D eigenvalue weighted by Crippen LogP contribution is 2.26. The van der Waals surface area contributed by atoms with Crippen molar-refractivity contribution in [3.8, 4) is 0 Å². The van der Waals surface area contributed by atoms with Crippen LogP contribution in [0.2, 0.25) is 0 Å². The van der Waals surface area contributed by atoms with Gasteiger partial charge >= 0.3 is 0 Å². The molecule has 0 bridgehead atoms. The van der Waals surface area contributed by atoms with Crippen molar-refractivity contribution in [1.82, 2.24) is 5.32 Å². The number of nitro groups is 1. The minimum atomic E-state index is -0.467. The van der Waals surface area contributed by atoms with E-state index in [0.29, 0.717) is 36.2 Å². The maximum absolute atomic E-state index is 11.7. The van der Waals surface area contributed by atoms with Crippen LogP contribution in [0.5, 0.6) is 0 Å². The fourth-order valence-electron chi connectivity index (χ4n) is 1.74. The van der Waals surface area contributed by atoms with Gasteiger partial charge in [-0.05, 0) is 30.9 Å². The molecule has 1 aromatic carbocycles. The molecule has 21 heavy (non-hydrogen) atoms. The summed E-state index contributed by atoms with van der Waals surface area (Å²) < 4.78 is 0. The van der Waals surface area contributed by atoms with Crippen molar-refractivity contribution in [3.63, 3.8) is 0 Å². The van der Waals surface area contributed by atoms with E-state index in [-0.39, 0.29) is 11.6 Å². The Morgan fingerprint density at radius 2 is 2.00 bits per heavy atom. The van der Waals surface area contributed by atoms with Crippen molar-refractivity contribution >= 4 is 17.3 Å². The lowest BCUT2D eigenvalue weighted by molar-refractivity contribution is -0.384. The van der Waals surface area contributed by atoms with Gasteiger partial charge in [-0.15, -0.1) is 0 Å². The fraction of sp³-hybridized carbons (Fsp3) is 0.533. The van der Waals surface area contributed by atoms with Crippen molar-refractivity contribution in [1.29, 1.82) is 0 Å². The average Bonchev–Trinajstić information content (AvgIpc) is 2.44. The number of anilines is 1. The van der Waals surface area contributed by atoms with E-state index in [4.69, 9.17) is 0 Å². The standard InChI is InChI=1S/C15H23N3O3/c1-5-16-15(19)12-6-7-13(14(8-12)18(20)21)17-9-11(4)10(2)3/h6-8,10-11,17H,5,9H2,1-4H3,(H,16,19). The Bertz CT molecular complexity index is 515. The molecule has 0 heterocycles. The Balaban J connectivity index is 2.94. The molecule has 0 aliphatic heterocycles. The fourth-order valence-corrected chi connectivity index (χ4v) is 1.74. The van der Waals surface area contributed by atoms with Gasteiger partial charge in [-0.2, -0.15) is 0 Å². The van der Waals surface area contributed by atoms with Gasteiger partial charge in [0.1, 0.15) is 5.69 Å². The first kappa shape index (κ1) is 16.9. The quantitative estimate of drug-likeness (QED) is 0.597. The molecule has 116 valence electrons. The van der Waals surface area contributed by atoms with Crippen LogP contribution >= 0.6 is 0 Å². The van der Waals surface area contributed by atoms with Crippen LogP contribution < -0.4 is 10.6 Å². The molecule has 0 radical (unpaired) electrons. The van der Waals surface area contributed by atoms with E-state index in [1.807, 2.05) is 0 Å². The first-order valence-electron chi connectivity index (χ1n) is 7.17. The lowest BCUT2D eigenvalue weighted by Gasteiger charge is -2.17. The van der Waals surface area contributed by atoms with Gasteiger partial charge in [0.25, 0.3) is 11.6 Å². The van der Waals surface area contributed by atoms with E-state index < -0.39 is 4.92 Å². The topological polar surface area (TPSA) is 84.3 Å². The summed E-state index contributed by atoms with van der Waals surface area (Å²) in [6.45, 7) is 9.25. The SMILES string of the molecule is CCNC(=O)c1ccc(NCC(C)C(C)C)c([N+](=O)[O-])c1. The second kappa shape index (κ2) is 7.61. The minimum Gasteiger partial charge on any atom is -0.379 e. The van der Waals surface area contributed by atoms with E-state index in [2.05, 4.69) is 31.4 Å². The molecule has 0 aliphatic rings. The van der Waals surface area contributed by atoms with Crippen LogP contribution in [0.3, 0.4) is 0 Å². The molecule has 0 aliphatic carbocycles. The number of nitrogens with zero attached hydrogens (tertiary/aromatic N) is 1. The highest BCUT2D eigenvalue weighted by Gasteiger charge is 2.18. The van der Waals surface area contributed by atoms with Gasteiger partial charge in [0.05, 0.1) is 4.92 Å². The van der Waals surface area contributed by atoms with Crippen LogP contribution in [-0.2, 0) is 0 Å². The third kappa shape index (κ3) is 4.73. The predicted octanol–water partition coefficient (Wildman–Crippen LogP) is 3.05. The highest BCUT2D eigenvalue weighted by molar-refractivity contribution is 5.95. The maximum Gasteiger partial charge on any atom is 0.293 e. The minimum absolute atomic E-state index is 0.0743. The lowest BCUT2D eigenvalue weighted by atomic mass is 9.98. The second-order valence-electron chi connectivity index (χ2n) is 5.45. The first-order chi connectivity index (χ1) is 9.86. The van der Waals surface area contributed by atoms with Crippen LogP contribution in [0, 0.1) is 22.0 Å². The highest BCUT2D eigenvalue weighted by atomic mass is 16.6. The van der Waals surface area contributed by atoms with E-state index >= 15 is 0 Å². The number of carbonyl (C=O) groups excluding carboxylic acids is 1. The van der Waals surface area contributed by atoms with Crippen LogP contribution in [0.1, 0.15) is 38.1 Å². The number of amides is 1. The third-order valence-corrected chi connectivity index (χ3v) is 3.55. The van der Waals surface area contributed by atoms with Gasteiger partial charge < -0.3 is 10.6 Å². The zero-order valence-electron chi connectivity index (χ0n) is 13.0. The van der Waals surface area contributed by atoms with Crippen LogP contribution in [0.4, 0.5) is 11.4 Å². The Labute approximate surface area is 125 Å². The second-order valence-corrected chi connectivity index (χ2v) is 5.45. The van der Waals surface area contributed by atoms with Gasteiger partial charge in [-0.1, -0.05) is 20.8 Å². The molecular weight excluding hydrogens is 270 g/mol. The normalized spacial score (nSPS) is 12.0. The summed E-state index contributed by atoms with van der Waals surface area (Å²) in [6, 6.07) is 4.50. The smallest absolute Gasteiger partial charge is 0.293 e. The van der Waals surface area contributed by atoms with E-state index in [0.717, 1.165) is 0 Å². The van der Waals surface area contributed by atoms with Gasteiger partial charge in [0.2, 0.25) is 0 Å². The van der Waals surface area contributed by atoms with Gasteiger partial charge in [-0.25, -0.2) is 0 Å². The average molecular weight is 293 g/mol. The molecule has 1 aromatic rings. The molecule has 0 fully saturated rings. The number of hydrogen-bond donors (Lipinski definition) is 2. The number of nitrogens with one attached hydrogen (secondary N) is 2. The zero-order chi connectivity index (χ0) is 16.0. The van der Waals surface area contributed by atoms with Crippen molar-refractivity contribution in [2.24, 2.45) is 11.8 Å². The summed E-state index contributed by atoms with van der Waals surface area (Å²) in [6.07, 6.45) is 0. The van der Waals surface area contributed by atoms with Crippen molar-refractivity contribution in [2.45, 2.75) is 27.7 Å². The van der Waals surface area contributed by atoms with Gasteiger partial charge in [0.15, 0.2) is 0 Å². The van der Waals surface area contributed by atoms with Gasteiger partial charge in [-0.3, -0.25) is 14.9 Å². The molecule has 1 rings (SSSR count). The van der Waals surface area contributed by atoms with Crippen molar-refractivity contribution in [3.05, 3.63) is 33.9 Å². The summed E-state index contributed by atoms with van der Waals surface area (Å²) >= 11 is 0. The molecule has 1 unspecified atom stereocenters. The van der Waals surface area contributed by atoms with E-state index in [1.165, 1.54) is 6.07 Å². The molecule has 6 nitrogen and oxygen atoms in total. The Kier molecular flexibility index (Phi) is 6.14. The predicted molar refractivity (Wildman–Crippen MR) is 83.6 cm³/mol. The van der Waals surface area contributed by atoms with E-state index in [1.54, 1.807) is 19.1 Å². The molecule has 0 spiro atoms. The molecule has 0 saturated carbocycles. The molecular formula is C15H23N3O3. The Hall–Kier alpha value is -2.11. The largest absolute Gasteiger partial charge is 0.379 e. The summed E-state index contributed by atoms with van der Waals surface area (Å²) in [5.74, 6) is 0.585. The van der Waals surface area contributed by atoms with Crippen molar-refractivity contribution in [2.75, 3.05) is 18.4 Å². The first-order valence-corrected chi connectivity index (χ1v) is 7.17. The van der Waals surface area contributed by atoms with Crippen LogP contribution in [-0.4, -0.2) is 23.9 Å². The van der Waals surface area contributed by atoms with Crippen LogP contribution in [0.15, 0.2) is 18.2 Å². The summed E-state index contributed by atoms with van der Waals surface area (Å²) in [4.78, 5) is 22.4. The lowest BCUT2D eigenvalue weighted by Crippen LogP contribution is -2.23. The molecule has 2 N–H and O–H groups in total. The number of benzene rings is 1. The molecule has 0 saturated heterocycles. The number of rotatable bonds is 7. The number of nitro benzene ring substituents is 1. The summed E-state index contributed by atoms with van der Waals surface area (Å²) in [5, 5.41) is 16.9. The number of carbonyl (C=O) groups is 1. The zero-order valence-corrected chi connectivity index (χ0v) is 13.0. The van der Waals surface area contributed by atoms with Crippen molar-refractivity contribution < 1.29 is 9.72 Å². The third-order valence-electron chi connectivity index (χ3n) is 3.55. The van der Waals surface area contributed by atoms with E-state index in [9.17, 15) is 14.9 Å². The Morgan fingerprint density at radius 1 is 1.33 bits per heavy atom. The molecule has 0 aromatic heterocycles. The molecule has 1 amide bonds. The van der Waals surface area contributed by atoms with Gasteiger partial charge in [0, 0.05) is 24.7 Å².